The van der Waals surface area contributed by atoms with Crippen molar-refractivity contribution in [2.45, 2.75) is 51.5 Å². The highest BCUT2D eigenvalue weighted by atomic mass is 35.5. The number of aromatic nitrogens is 3. The third-order valence-electron chi connectivity index (χ3n) is 8.02. The van der Waals surface area contributed by atoms with Crippen LogP contribution >= 0.6 is 11.6 Å². The number of carbonyl (C=O) groups is 2. The van der Waals surface area contributed by atoms with Crippen molar-refractivity contribution in [2.24, 2.45) is 13.0 Å². The number of alkyl halides is 2. The predicted octanol–water partition coefficient (Wildman–Crippen LogP) is 6.54. The Hall–Kier alpha value is -3.50. The van der Waals surface area contributed by atoms with Crippen molar-refractivity contribution in [2.75, 3.05) is 18.4 Å². The van der Waals surface area contributed by atoms with E-state index in [-0.39, 0.29) is 52.6 Å². The quantitative estimate of drug-likeness (QED) is 0.352. The van der Waals surface area contributed by atoms with Gasteiger partial charge in [-0.05, 0) is 43.0 Å². The van der Waals surface area contributed by atoms with Gasteiger partial charge in [-0.1, -0.05) is 31.0 Å². The first kappa shape index (κ1) is 29.0. The Balaban J connectivity index is 1.56. The average molecular weight is 586 g/mol. The van der Waals surface area contributed by atoms with E-state index in [1.54, 1.807) is 24.1 Å². The smallest absolute Gasteiger partial charge is 0.271 e. The zero-order valence-corrected chi connectivity index (χ0v) is 23.8. The summed E-state index contributed by atoms with van der Waals surface area (Å²) in [7, 11) is 1.80. The number of pyridine rings is 1. The molecule has 4 heterocycles. The number of aldehydes is 1. The maximum atomic E-state index is 15.3. The van der Waals surface area contributed by atoms with Crippen LogP contribution < -0.4 is 5.32 Å². The van der Waals surface area contributed by atoms with Gasteiger partial charge in [0.25, 0.3) is 5.92 Å². The summed E-state index contributed by atoms with van der Waals surface area (Å²) in [5.41, 5.74) is 2.63. The molecule has 2 bridgehead atoms. The molecule has 5 rings (SSSR count). The Bertz CT molecular complexity index is 1530. The Morgan fingerprint density at radius 1 is 1.22 bits per heavy atom. The molecule has 0 saturated carbocycles. The van der Waals surface area contributed by atoms with E-state index in [4.69, 9.17) is 11.6 Å². The molecule has 0 unspecified atom stereocenters. The summed E-state index contributed by atoms with van der Waals surface area (Å²) in [5, 5.41) is 7.06. The molecule has 2 atom stereocenters. The van der Waals surface area contributed by atoms with Gasteiger partial charge >= 0.3 is 0 Å². The summed E-state index contributed by atoms with van der Waals surface area (Å²) in [4.78, 5) is 32.0. The maximum Gasteiger partial charge on any atom is 0.271 e. The van der Waals surface area contributed by atoms with Crippen LogP contribution in [0.2, 0.25) is 5.02 Å². The fraction of sp³-hybridized carbons (Fsp3) is 0.400. The van der Waals surface area contributed by atoms with E-state index < -0.39 is 17.3 Å². The molecule has 216 valence electrons. The molecule has 3 aromatic rings. The van der Waals surface area contributed by atoms with Gasteiger partial charge in [-0.2, -0.15) is 5.10 Å². The molecular formula is C30H31ClF3N5O2. The first-order chi connectivity index (χ1) is 19.5. The largest absolute Gasteiger partial charge is 0.323 e. The number of nitrogens with zero attached hydrogens (tertiary/aromatic N) is 4. The van der Waals surface area contributed by atoms with E-state index in [2.05, 4.69) is 20.3 Å². The number of benzene rings is 1. The lowest BCUT2D eigenvalue weighted by Gasteiger charge is -2.36. The molecule has 0 saturated heterocycles. The van der Waals surface area contributed by atoms with E-state index in [1.807, 2.05) is 19.1 Å². The van der Waals surface area contributed by atoms with Crippen LogP contribution in [0.1, 0.15) is 62.4 Å². The van der Waals surface area contributed by atoms with Crippen LogP contribution in [0.5, 0.6) is 0 Å². The summed E-state index contributed by atoms with van der Waals surface area (Å²) in [6, 6.07) is 5.81. The van der Waals surface area contributed by atoms with Crippen molar-refractivity contribution in [1.82, 2.24) is 19.7 Å². The van der Waals surface area contributed by atoms with E-state index >= 15 is 4.39 Å². The zero-order valence-electron chi connectivity index (χ0n) is 23.1. The second kappa shape index (κ2) is 11.4. The Kier molecular flexibility index (Phi) is 8.07. The second-order valence-electron chi connectivity index (χ2n) is 10.9. The predicted molar refractivity (Wildman–Crippen MR) is 151 cm³/mol. The molecule has 11 heteroatoms. The fourth-order valence-electron chi connectivity index (χ4n) is 5.85. The molecular weight excluding hydrogens is 555 g/mol. The van der Waals surface area contributed by atoms with Crippen LogP contribution in [-0.2, 0) is 22.6 Å². The minimum atomic E-state index is -3.33. The number of halogens is 4. The summed E-state index contributed by atoms with van der Waals surface area (Å²) in [6.45, 7) is 3.10. The van der Waals surface area contributed by atoms with E-state index in [0.29, 0.717) is 44.7 Å². The molecule has 2 aliphatic heterocycles. The lowest BCUT2D eigenvalue weighted by atomic mass is 9.87. The number of amides is 1. The van der Waals surface area contributed by atoms with Gasteiger partial charge in [0.05, 0.1) is 34.3 Å². The van der Waals surface area contributed by atoms with Crippen molar-refractivity contribution in [3.8, 4) is 11.3 Å². The maximum absolute atomic E-state index is 15.3. The van der Waals surface area contributed by atoms with E-state index in [9.17, 15) is 18.4 Å². The highest BCUT2D eigenvalue weighted by molar-refractivity contribution is 6.31. The van der Waals surface area contributed by atoms with Crippen LogP contribution in [-0.4, -0.2) is 44.9 Å². The van der Waals surface area contributed by atoms with E-state index in [1.165, 1.54) is 0 Å². The number of anilines is 1. The first-order valence-electron chi connectivity index (χ1n) is 13.6. The van der Waals surface area contributed by atoms with Crippen molar-refractivity contribution in [3.05, 3.63) is 69.9 Å². The second-order valence-corrected chi connectivity index (χ2v) is 11.3. The van der Waals surface area contributed by atoms with Gasteiger partial charge in [-0.15, -0.1) is 0 Å². The number of fused-ring (bicyclic) bond motifs is 4. The average Bonchev–Trinajstić information content (AvgIpc) is 3.30. The molecule has 0 aliphatic carbocycles. The Morgan fingerprint density at radius 2 is 2.00 bits per heavy atom. The third-order valence-corrected chi connectivity index (χ3v) is 8.31. The van der Waals surface area contributed by atoms with Gasteiger partial charge in [0.15, 0.2) is 0 Å². The number of hydrogen-bond acceptors (Lipinski definition) is 5. The van der Waals surface area contributed by atoms with Crippen molar-refractivity contribution >= 4 is 35.1 Å². The Morgan fingerprint density at radius 3 is 2.73 bits per heavy atom. The minimum absolute atomic E-state index is 0.0912. The molecule has 1 aromatic carbocycles. The number of hydrogen-bond donors (Lipinski definition) is 1. The lowest BCUT2D eigenvalue weighted by molar-refractivity contribution is -0.119. The third kappa shape index (κ3) is 5.67. The number of carbonyl (C=O) groups excluding carboxylic acids is 2. The topological polar surface area (TPSA) is 80.1 Å². The lowest BCUT2D eigenvalue weighted by Crippen LogP contribution is -2.36. The molecule has 2 aromatic heterocycles. The van der Waals surface area contributed by atoms with Gasteiger partial charge < -0.3 is 5.32 Å². The monoisotopic (exact) mass is 585 g/mol. The first-order valence-corrected chi connectivity index (χ1v) is 13.9. The SMILES string of the molecule is C[C@@H]1CCC[C@H](N2CCC(c3c(C(C)(F)F)ccc(Cl)c3F)=C(C=O)C2)c2cc(ccn2)-c2c(cnn2C)NC1=O. The molecule has 1 amide bonds. The van der Waals surface area contributed by atoms with Crippen molar-refractivity contribution in [3.63, 3.8) is 0 Å². The molecule has 0 spiro atoms. The molecule has 41 heavy (non-hydrogen) atoms. The summed E-state index contributed by atoms with van der Waals surface area (Å²) >= 11 is 6.00. The van der Waals surface area contributed by atoms with Gasteiger partial charge in [0.1, 0.15) is 12.1 Å². The standard InChI is InChI=1S/C30H31ClF3N5O2/c1-17-5-4-6-25(23-13-18(9-11-35-23)28-24(37-29(17)41)14-36-38(28)3)39-12-10-20(19(15-39)16-40)26-21(30(2,33)34)7-8-22(31)27(26)32/h7-9,11,13-14,16-17,25H,4-6,10,12,15H2,1-3H3,(H,37,41)/t17-,25+/m1/s1. The minimum Gasteiger partial charge on any atom is -0.323 e. The number of rotatable bonds is 4. The van der Waals surface area contributed by atoms with Crippen LogP contribution in [0.15, 0.2) is 42.2 Å². The molecule has 0 fully saturated rings. The van der Waals surface area contributed by atoms with Crippen LogP contribution in [0.4, 0.5) is 18.9 Å². The fourth-order valence-corrected chi connectivity index (χ4v) is 6.01. The van der Waals surface area contributed by atoms with Crippen LogP contribution in [0, 0.1) is 11.7 Å². The molecule has 1 N–H and O–H groups in total. The highest BCUT2D eigenvalue weighted by Crippen LogP contribution is 2.42. The van der Waals surface area contributed by atoms with Crippen molar-refractivity contribution < 1.29 is 22.8 Å². The highest BCUT2D eigenvalue weighted by Gasteiger charge is 2.35. The summed E-state index contributed by atoms with van der Waals surface area (Å²) in [5.74, 6) is -4.61. The normalized spacial score (nSPS) is 20.6. The molecule has 2 aliphatic rings. The zero-order chi connectivity index (χ0) is 29.5. The summed E-state index contributed by atoms with van der Waals surface area (Å²) < 4.78 is 46.0. The number of aryl methyl sites for hydroxylation is 1. The van der Waals surface area contributed by atoms with Gasteiger partial charge in [0, 0.05) is 61.4 Å². The van der Waals surface area contributed by atoms with Crippen molar-refractivity contribution in [1.29, 1.82) is 0 Å². The number of nitrogens with one attached hydrogen (secondary N) is 1. The van der Waals surface area contributed by atoms with E-state index in [0.717, 1.165) is 29.1 Å². The Labute approximate surface area is 241 Å². The van der Waals surface area contributed by atoms with Gasteiger partial charge in [-0.25, -0.2) is 13.2 Å². The molecule has 0 radical (unpaired) electrons. The summed E-state index contributed by atoms with van der Waals surface area (Å²) in [6.07, 6.45) is 6.12. The van der Waals surface area contributed by atoms with Gasteiger partial charge in [0.2, 0.25) is 5.91 Å². The molecule has 7 nitrogen and oxygen atoms in total. The van der Waals surface area contributed by atoms with Crippen LogP contribution in [0.25, 0.3) is 16.8 Å². The van der Waals surface area contributed by atoms with Crippen LogP contribution in [0.3, 0.4) is 0 Å². The van der Waals surface area contributed by atoms with Gasteiger partial charge in [-0.3, -0.25) is 24.2 Å².